The number of hydrogen-bond donors (Lipinski definition) is 0. The molecule has 0 fully saturated rings. The summed E-state index contributed by atoms with van der Waals surface area (Å²) in [6.45, 7) is 5.33. The van der Waals surface area contributed by atoms with Gasteiger partial charge in [-0.05, 0) is 43.9 Å². The molecular weight excluding hydrogens is 342 g/mol. The predicted octanol–water partition coefficient (Wildman–Crippen LogP) is 3.01. The second kappa shape index (κ2) is 10.5. The van der Waals surface area contributed by atoms with Crippen molar-refractivity contribution in [3.05, 3.63) is 95.6 Å². The number of hydrogen-bond acceptors (Lipinski definition) is 5. The zero-order chi connectivity index (χ0) is 19.5. The van der Waals surface area contributed by atoms with Gasteiger partial charge in [0.25, 0.3) is 0 Å². The highest BCUT2D eigenvalue weighted by atomic mass is 16.6. The quantitative estimate of drug-likeness (QED) is 0.180. The lowest BCUT2D eigenvalue weighted by Crippen LogP contribution is -2.18. The molecule has 0 bridgehead atoms. The summed E-state index contributed by atoms with van der Waals surface area (Å²) in [7, 11) is 0. The van der Waals surface area contributed by atoms with Gasteiger partial charge in [-0.25, -0.2) is 4.79 Å². The molecule has 0 aliphatic carbocycles. The van der Waals surface area contributed by atoms with Crippen LogP contribution >= 0.6 is 0 Å². The lowest BCUT2D eigenvalue weighted by Gasteiger charge is -2.10. The third-order valence-corrected chi connectivity index (χ3v) is 3.41. The number of rotatable bonds is 8. The minimum absolute atomic E-state index is 0.0753. The first-order valence-electron chi connectivity index (χ1n) is 8.65. The average molecular weight is 363 g/mol. The molecule has 2 aromatic rings. The van der Waals surface area contributed by atoms with Crippen molar-refractivity contribution < 1.29 is 19.4 Å². The van der Waals surface area contributed by atoms with Crippen LogP contribution in [0.25, 0.3) is 0 Å². The van der Waals surface area contributed by atoms with E-state index in [9.17, 15) is 9.90 Å². The Balaban J connectivity index is 2.56. The minimum Gasteiger partial charge on any atom is -0.608 e. The second-order valence-corrected chi connectivity index (χ2v) is 5.32. The molecule has 0 spiro atoms. The number of aliphatic imine (C=N–C) groups is 1. The first-order chi connectivity index (χ1) is 13.2. The molecule has 27 heavy (non-hydrogen) atoms. The lowest BCUT2D eigenvalue weighted by molar-refractivity contribution is -0.356. The Morgan fingerprint density at radius 2 is 1.59 bits per heavy atom. The zero-order valence-corrected chi connectivity index (χ0v) is 15.3. The van der Waals surface area contributed by atoms with E-state index < -0.39 is 11.9 Å². The van der Waals surface area contributed by atoms with Crippen molar-refractivity contribution in [2.45, 2.75) is 13.8 Å². The van der Waals surface area contributed by atoms with Crippen molar-refractivity contribution in [3.8, 4) is 0 Å². The summed E-state index contributed by atoms with van der Waals surface area (Å²) in [5, 5.41) is 11.9. The first-order valence-corrected chi connectivity index (χ1v) is 8.65. The van der Waals surface area contributed by atoms with Gasteiger partial charge in [0.15, 0.2) is 11.3 Å². The van der Waals surface area contributed by atoms with Crippen LogP contribution in [0.4, 0.5) is 0 Å². The van der Waals surface area contributed by atoms with Crippen molar-refractivity contribution in [1.29, 1.82) is 0 Å². The van der Waals surface area contributed by atoms with E-state index in [1.807, 2.05) is 48.5 Å². The largest absolute Gasteiger partial charge is 0.608 e. The van der Waals surface area contributed by atoms with Crippen LogP contribution in [0.3, 0.4) is 0 Å². The molecule has 0 aromatic heterocycles. The van der Waals surface area contributed by atoms with Crippen LogP contribution in [0, 0.1) is 6.54 Å². The van der Waals surface area contributed by atoms with Gasteiger partial charge in [0.1, 0.15) is 12.1 Å². The summed E-state index contributed by atoms with van der Waals surface area (Å²) in [6.07, 6.45) is 0. The standard InChI is InChI=1S/C22H21NO4/c1-3-26-20(24)15-19(22(25)27-4-2)21(18-13-9-6-10-14-18)23-16-17-11-7-5-8-12-17/h5-14,16H,3-4H2,1-2H3. The van der Waals surface area contributed by atoms with Crippen molar-refractivity contribution in [2.24, 2.45) is 4.99 Å². The Hall–Kier alpha value is -3.43. The van der Waals surface area contributed by atoms with Gasteiger partial charge in [-0.15, -0.1) is 0 Å². The Morgan fingerprint density at radius 1 is 1.00 bits per heavy atom. The molecule has 0 saturated carbocycles. The fraction of sp³-hybridized carbons (Fsp3) is 0.182. The molecule has 5 heteroatoms. The predicted molar refractivity (Wildman–Crippen MR) is 102 cm³/mol. The Kier molecular flexibility index (Phi) is 7.76. The molecule has 2 rings (SSSR count). The zero-order valence-electron chi connectivity index (χ0n) is 15.3. The molecule has 0 saturated heterocycles. The van der Waals surface area contributed by atoms with Gasteiger partial charge < -0.3 is 14.6 Å². The lowest BCUT2D eigenvalue weighted by atomic mass is 10.0. The monoisotopic (exact) mass is 363 g/mol. The van der Waals surface area contributed by atoms with Crippen molar-refractivity contribution in [2.75, 3.05) is 13.2 Å². The maximum atomic E-state index is 12.5. The third-order valence-electron chi connectivity index (χ3n) is 3.41. The highest BCUT2D eigenvalue weighted by Gasteiger charge is 2.23. The van der Waals surface area contributed by atoms with Gasteiger partial charge in [0.05, 0.1) is 12.6 Å². The van der Waals surface area contributed by atoms with Crippen LogP contribution in [-0.2, 0) is 14.3 Å². The van der Waals surface area contributed by atoms with E-state index in [-0.39, 0.29) is 24.5 Å². The van der Waals surface area contributed by atoms with Gasteiger partial charge >= 0.3 is 5.97 Å². The highest BCUT2D eigenvalue weighted by Crippen LogP contribution is 2.14. The maximum absolute atomic E-state index is 12.5. The normalized spacial score (nSPS) is 10.5. The third kappa shape index (κ3) is 6.10. The number of esters is 1. The van der Waals surface area contributed by atoms with Gasteiger partial charge in [-0.1, -0.05) is 30.9 Å². The highest BCUT2D eigenvalue weighted by molar-refractivity contribution is 6.26. The molecule has 0 amide bonds. The number of nitrogens with zero attached hydrogens (tertiary/aromatic N) is 1. The van der Waals surface area contributed by atoms with Crippen LogP contribution in [0.15, 0.2) is 82.9 Å². The molecule has 0 radical (unpaired) electrons. The van der Waals surface area contributed by atoms with Crippen molar-refractivity contribution in [1.82, 2.24) is 0 Å². The molecule has 0 heterocycles. The van der Waals surface area contributed by atoms with Gasteiger partial charge in [0.2, 0.25) is 0 Å². The molecule has 0 unspecified atom stereocenters. The van der Waals surface area contributed by atoms with Crippen LogP contribution in [-0.4, -0.2) is 24.9 Å². The molecule has 138 valence electrons. The number of carbonyl (C=O) groups is 1. The van der Waals surface area contributed by atoms with Crippen LogP contribution < -0.4 is 5.11 Å². The second-order valence-electron chi connectivity index (χ2n) is 5.32. The van der Waals surface area contributed by atoms with Crippen LogP contribution in [0.5, 0.6) is 0 Å². The van der Waals surface area contributed by atoms with E-state index in [1.165, 1.54) is 0 Å². The van der Waals surface area contributed by atoms with Crippen LogP contribution in [0.1, 0.15) is 25.0 Å². The van der Waals surface area contributed by atoms with E-state index in [0.717, 1.165) is 5.56 Å². The Morgan fingerprint density at radius 3 is 2.19 bits per heavy atom. The topological polar surface area (TPSA) is 71.0 Å². The van der Waals surface area contributed by atoms with E-state index in [1.54, 1.807) is 32.5 Å². The van der Waals surface area contributed by atoms with Gasteiger partial charge in [-0.2, -0.15) is 4.99 Å². The van der Waals surface area contributed by atoms with Crippen LogP contribution in [0.2, 0.25) is 0 Å². The van der Waals surface area contributed by atoms with E-state index in [4.69, 9.17) is 9.47 Å². The van der Waals surface area contributed by atoms with Crippen molar-refractivity contribution in [3.63, 3.8) is 0 Å². The fourth-order valence-corrected chi connectivity index (χ4v) is 2.24. The van der Waals surface area contributed by atoms with Crippen molar-refractivity contribution >= 4 is 11.7 Å². The van der Waals surface area contributed by atoms with E-state index in [0.29, 0.717) is 5.56 Å². The first kappa shape index (κ1) is 19.9. The molecule has 0 atom stereocenters. The molecule has 5 nitrogen and oxygen atoms in total. The number of carbonyl (C=O) groups excluding carboxylic acids is 1. The van der Waals surface area contributed by atoms with E-state index in [2.05, 4.69) is 10.7 Å². The molecule has 0 N–H and O–H groups in total. The SMILES string of the molecule is CCOC(=O)C(=C=C([O-])OCC)C(=N[CH+]c1ccccc1)c1ccccc1. The summed E-state index contributed by atoms with van der Waals surface area (Å²) in [5.41, 5.74) is 4.18. The Bertz CT molecular complexity index is 835. The number of ether oxygens (including phenoxy) is 2. The smallest absolute Gasteiger partial charge is 0.358 e. The fourth-order valence-electron chi connectivity index (χ4n) is 2.24. The maximum Gasteiger partial charge on any atom is 0.358 e. The average Bonchev–Trinajstić information content (AvgIpc) is 2.69. The molecule has 0 aliphatic heterocycles. The molecule has 0 aliphatic rings. The van der Waals surface area contributed by atoms with Gasteiger partial charge in [0, 0.05) is 17.7 Å². The molecular formula is C22H21NO4. The van der Waals surface area contributed by atoms with E-state index >= 15 is 0 Å². The minimum atomic E-state index is -0.746. The summed E-state index contributed by atoms with van der Waals surface area (Å²) in [4.78, 5) is 16.9. The van der Waals surface area contributed by atoms with Gasteiger partial charge in [-0.3, -0.25) is 0 Å². The Labute approximate surface area is 159 Å². The summed E-state index contributed by atoms with van der Waals surface area (Å²) < 4.78 is 10.0. The summed E-state index contributed by atoms with van der Waals surface area (Å²) in [6, 6.07) is 18.5. The number of benzene rings is 2. The molecule has 2 aromatic carbocycles. The summed E-state index contributed by atoms with van der Waals surface area (Å²) >= 11 is 0. The summed E-state index contributed by atoms with van der Waals surface area (Å²) in [5.74, 6) is -1.43.